The summed E-state index contributed by atoms with van der Waals surface area (Å²) < 4.78 is 6.70. The van der Waals surface area contributed by atoms with Gasteiger partial charge in [-0.2, -0.15) is 5.10 Å². The summed E-state index contributed by atoms with van der Waals surface area (Å²) in [6.45, 7) is 6.88. The second-order valence-electron chi connectivity index (χ2n) is 6.73. The zero-order chi connectivity index (χ0) is 16.5. The van der Waals surface area contributed by atoms with Crippen LogP contribution in [0.15, 0.2) is 12.4 Å². The Hall–Kier alpha value is -2.05. The number of aromatic nitrogens is 2. The highest BCUT2D eigenvalue weighted by atomic mass is 16.6. The number of carbonyl (C=O) groups excluding carboxylic acids is 1. The van der Waals surface area contributed by atoms with Crippen LogP contribution in [0.2, 0.25) is 0 Å². The SMILES string of the molecule is CC(C(NC(=O)OC(C)(C)C)C(=O)O)n1cc(C2CC2)cn1. The molecule has 7 heteroatoms. The van der Waals surface area contributed by atoms with E-state index in [0.717, 1.165) is 18.4 Å². The van der Waals surface area contributed by atoms with E-state index in [0.29, 0.717) is 5.92 Å². The van der Waals surface area contributed by atoms with Crippen molar-refractivity contribution >= 4 is 12.1 Å². The van der Waals surface area contributed by atoms with Crippen LogP contribution in [-0.4, -0.2) is 38.6 Å². The number of hydrogen-bond acceptors (Lipinski definition) is 4. The minimum Gasteiger partial charge on any atom is -0.480 e. The third-order valence-corrected chi connectivity index (χ3v) is 3.51. The molecular formula is C15H23N3O4. The number of rotatable bonds is 5. The van der Waals surface area contributed by atoms with E-state index in [4.69, 9.17) is 4.74 Å². The van der Waals surface area contributed by atoms with E-state index in [1.807, 2.05) is 6.20 Å². The Kier molecular flexibility index (Phi) is 4.44. The number of nitrogens with one attached hydrogen (secondary N) is 1. The lowest BCUT2D eigenvalue weighted by atomic mass is 10.1. The molecule has 22 heavy (non-hydrogen) atoms. The van der Waals surface area contributed by atoms with Gasteiger partial charge in [0.15, 0.2) is 6.04 Å². The highest BCUT2D eigenvalue weighted by Crippen LogP contribution is 2.39. The summed E-state index contributed by atoms with van der Waals surface area (Å²) in [5.74, 6) is -0.579. The summed E-state index contributed by atoms with van der Waals surface area (Å²) in [5, 5.41) is 16.0. The highest BCUT2D eigenvalue weighted by Gasteiger charge is 2.31. The molecule has 1 aromatic rings. The van der Waals surface area contributed by atoms with Gasteiger partial charge in [-0.25, -0.2) is 9.59 Å². The third kappa shape index (κ3) is 4.22. The Morgan fingerprint density at radius 2 is 2.09 bits per heavy atom. The molecular weight excluding hydrogens is 286 g/mol. The molecule has 0 aliphatic heterocycles. The Labute approximate surface area is 129 Å². The molecule has 1 saturated carbocycles. The molecule has 122 valence electrons. The van der Waals surface area contributed by atoms with E-state index in [1.54, 1.807) is 38.6 Å². The average Bonchev–Trinajstić information content (AvgIpc) is 3.11. The minimum atomic E-state index is -1.12. The summed E-state index contributed by atoms with van der Waals surface area (Å²) in [6.07, 6.45) is 5.17. The fourth-order valence-corrected chi connectivity index (χ4v) is 2.18. The molecule has 1 fully saturated rings. The molecule has 2 atom stereocenters. The quantitative estimate of drug-likeness (QED) is 0.870. The van der Waals surface area contributed by atoms with Crippen LogP contribution in [0.5, 0.6) is 0 Å². The van der Waals surface area contributed by atoms with Crippen molar-refractivity contribution in [3.8, 4) is 0 Å². The molecule has 0 bridgehead atoms. The Morgan fingerprint density at radius 1 is 1.45 bits per heavy atom. The van der Waals surface area contributed by atoms with Crippen molar-refractivity contribution < 1.29 is 19.4 Å². The molecule has 0 radical (unpaired) electrons. The van der Waals surface area contributed by atoms with Gasteiger partial charge in [-0.1, -0.05) is 0 Å². The zero-order valence-electron chi connectivity index (χ0n) is 13.4. The van der Waals surface area contributed by atoms with Gasteiger partial charge in [-0.3, -0.25) is 4.68 Å². The molecule has 0 saturated heterocycles. The van der Waals surface area contributed by atoms with Crippen LogP contribution in [0, 0.1) is 0 Å². The molecule has 1 aliphatic rings. The minimum absolute atomic E-state index is 0.516. The second kappa shape index (κ2) is 5.98. The lowest BCUT2D eigenvalue weighted by molar-refractivity contribution is -0.140. The number of carboxylic acid groups (broad SMARTS) is 1. The topological polar surface area (TPSA) is 93.5 Å². The molecule has 2 rings (SSSR count). The van der Waals surface area contributed by atoms with E-state index >= 15 is 0 Å². The fourth-order valence-electron chi connectivity index (χ4n) is 2.18. The van der Waals surface area contributed by atoms with Gasteiger partial charge in [0, 0.05) is 6.20 Å². The molecule has 2 N–H and O–H groups in total. The summed E-state index contributed by atoms with van der Waals surface area (Å²) in [6, 6.07) is -1.63. The Balaban J connectivity index is 2.05. The summed E-state index contributed by atoms with van der Waals surface area (Å²) in [5.41, 5.74) is 0.439. The number of ether oxygens (including phenoxy) is 1. The van der Waals surface area contributed by atoms with Crippen LogP contribution in [0.3, 0.4) is 0 Å². The first-order chi connectivity index (χ1) is 10.2. The monoisotopic (exact) mass is 309 g/mol. The van der Waals surface area contributed by atoms with Crippen molar-refractivity contribution in [2.75, 3.05) is 0 Å². The first-order valence-corrected chi connectivity index (χ1v) is 7.44. The van der Waals surface area contributed by atoms with Gasteiger partial charge in [0.2, 0.25) is 0 Å². The van der Waals surface area contributed by atoms with Crippen LogP contribution in [0.1, 0.15) is 58.1 Å². The third-order valence-electron chi connectivity index (χ3n) is 3.51. The van der Waals surface area contributed by atoms with Crippen LogP contribution >= 0.6 is 0 Å². The molecule has 0 spiro atoms. The van der Waals surface area contributed by atoms with Gasteiger partial charge in [0.25, 0.3) is 0 Å². The van der Waals surface area contributed by atoms with E-state index in [2.05, 4.69) is 10.4 Å². The largest absolute Gasteiger partial charge is 0.480 e. The predicted molar refractivity (Wildman–Crippen MR) is 79.7 cm³/mol. The molecule has 7 nitrogen and oxygen atoms in total. The second-order valence-corrected chi connectivity index (χ2v) is 6.73. The lowest BCUT2D eigenvalue weighted by Gasteiger charge is -2.25. The van der Waals surface area contributed by atoms with Gasteiger partial charge in [0.05, 0.1) is 12.2 Å². The molecule has 1 aliphatic carbocycles. The maximum absolute atomic E-state index is 11.8. The predicted octanol–water partition coefficient (Wildman–Crippen LogP) is 2.30. The highest BCUT2D eigenvalue weighted by molar-refractivity contribution is 5.80. The normalized spacial score (nSPS) is 17.6. The van der Waals surface area contributed by atoms with E-state index in [-0.39, 0.29) is 0 Å². The van der Waals surface area contributed by atoms with Crippen LogP contribution < -0.4 is 5.32 Å². The van der Waals surface area contributed by atoms with E-state index < -0.39 is 29.7 Å². The zero-order valence-corrected chi connectivity index (χ0v) is 13.4. The number of hydrogen-bond donors (Lipinski definition) is 2. The smallest absolute Gasteiger partial charge is 0.408 e. The van der Waals surface area contributed by atoms with Crippen molar-refractivity contribution in [3.05, 3.63) is 18.0 Å². The number of amides is 1. The number of alkyl carbamates (subject to hydrolysis) is 1. The maximum atomic E-state index is 11.8. The first-order valence-electron chi connectivity index (χ1n) is 7.44. The summed E-state index contributed by atoms with van der Waals surface area (Å²) >= 11 is 0. The van der Waals surface area contributed by atoms with Crippen molar-refractivity contribution in [2.45, 2.75) is 64.1 Å². The van der Waals surface area contributed by atoms with Crippen LogP contribution in [-0.2, 0) is 9.53 Å². The molecule has 1 heterocycles. The fraction of sp³-hybridized carbons (Fsp3) is 0.667. The van der Waals surface area contributed by atoms with E-state index in [9.17, 15) is 14.7 Å². The summed E-state index contributed by atoms with van der Waals surface area (Å²) in [7, 11) is 0. The summed E-state index contributed by atoms with van der Waals surface area (Å²) in [4.78, 5) is 23.3. The van der Waals surface area contributed by atoms with Crippen molar-refractivity contribution in [1.29, 1.82) is 0 Å². The van der Waals surface area contributed by atoms with Gasteiger partial charge in [-0.15, -0.1) is 0 Å². The van der Waals surface area contributed by atoms with Gasteiger partial charge in [0.1, 0.15) is 5.60 Å². The lowest BCUT2D eigenvalue weighted by Crippen LogP contribution is -2.47. The van der Waals surface area contributed by atoms with Crippen LogP contribution in [0.25, 0.3) is 0 Å². The number of carbonyl (C=O) groups is 2. The number of carboxylic acids is 1. The standard InChI is InChI=1S/C15H23N3O4/c1-9(18-8-11(7-16-18)10-5-6-10)12(13(19)20)17-14(21)22-15(2,3)4/h7-10,12H,5-6H2,1-4H3,(H,17,21)(H,19,20). The van der Waals surface area contributed by atoms with Gasteiger partial charge < -0.3 is 15.2 Å². The Bertz CT molecular complexity index is 557. The van der Waals surface area contributed by atoms with Crippen LogP contribution in [0.4, 0.5) is 4.79 Å². The van der Waals surface area contributed by atoms with Crippen molar-refractivity contribution in [3.63, 3.8) is 0 Å². The molecule has 2 unspecified atom stereocenters. The molecule has 0 aromatic carbocycles. The number of nitrogens with zero attached hydrogens (tertiary/aromatic N) is 2. The number of aliphatic carboxylic acids is 1. The molecule has 1 aromatic heterocycles. The van der Waals surface area contributed by atoms with Gasteiger partial charge in [-0.05, 0) is 52.0 Å². The average molecular weight is 309 g/mol. The maximum Gasteiger partial charge on any atom is 0.408 e. The van der Waals surface area contributed by atoms with Gasteiger partial charge >= 0.3 is 12.1 Å². The Morgan fingerprint density at radius 3 is 2.59 bits per heavy atom. The van der Waals surface area contributed by atoms with Crippen molar-refractivity contribution in [2.24, 2.45) is 0 Å². The van der Waals surface area contributed by atoms with E-state index in [1.165, 1.54) is 0 Å². The first kappa shape index (κ1) is 16.3. The molecule has 1 amide bonds. The van der Waals surface area contributed by atoms with Crippen molar-refractivity contribution in [1.82, 2.24) is 15.1 Å².